The molecule has 90 valence electrons. The molecule has 0 aliphatic heterocycles. The summed E-state index contributed by atoms with van der Waals surface area (Å²) in [5, 5.41) is 3.77. The Kier molecular flexibility index (Phi) is 3.64. The summed E-state index contributed by atoms with van der Waals surface area (Å²) in [6.45, 7) is 2.07. The molecule has 0 saturated heterocycles. The molecule has 2 aromatic heterocycles. The monoisotopic (exact) mass is 237 g/mol. The predicted octanol–water partition coefficient (Wildman–Crippen LogP) is 2.14. The summed E-state index contributed by atoms with van der Waals surface area (Å²) in [5.74, 6) is 0.387. The number of ether oxygens (including phenoxy) is 1. The van der Waals surface area contributed by atoms with Crippen molar-refractivity contribution in [2.45, 2.75) is 26.4 Å². The lowest BCUT2D eigenvalue weighted by molar-refractivity contribution is 0.231. The minimum Gasteiger partial charge on any atom is -0.479 e. The van der Waals surface area contributed by atoms with E-state index in [9.17, 15) is 4.39 Å². The van der Waals surface area contributed by atoms with Crippen molar-refractivity contribution in [3.05, 3.63) is 36.0 Å². The maximum atomic E-state index is 13.1. The lowest BCUT2D eigenvalue weighted by Crippen LogP contribution is -1.99. The Morgan fingerprint density at radius 3 is 3.12 bits per heavy atom. The third-order valence-corrected chi connectivity index (χ3v) is 2.06. The molecule has 0 aliphatic rings. The SMILES string of the molecule is CCCc1noc(COc2cccnc2F)n1. The Labute approximate surface area is 97.6 Å². The van der Waals surface area contributed by atoms with E-state index in [1.54, 1.807) is 6.07 Å². The number of hydrogen-bond acceptors (Lipinski definition) is 5. The fourth-order valence-corrected chi connectivity index (χ4v) is 1.29. The first kappa shape index (κ1) is 11.5. The molecule has 0 amide bonds. The van der Waals surface area contributed by atoms with Crippen LogP contribution in [0, 0.1) is 5.95 Å². The molecule has 0 atom stereocenters. The van der Waals surface area contributed by atoms with Gasteiger partial charge in [-0.1, -0.05) is 12.1 Å². The fraction of sp³-hybridized carbons (Fsp3) is 0.364. The Bertz CT molecular complexity index is 487. The van der Waals surface area contributed by atoms with Crippen LogP contribution in [0.5, 0.6) is 5.75 Å². The molecule has 0 fully saturated rings. The molecule has 0 N–H and O–H groups in total. The van der Waals surface area contributed by atoms with Crippen LogP contribution in [0.3, 0.4) is 0 Å². The molecule has 0 saturated carbocycles. The Hall–Kier alpha value is -1.98. The molecule has 6 heteroatoms. The van der Waals surface area contributed by atoms with Crippen molar-refractivity contribution in [2.75, 3.05) is 0 Å². The highest BCUT2D eigenvalue weighted by molar-refractivity contribution is 5.17. The van der Waals surface area contributed by atoms with Crippen LogP contribution in [0.15, 0.2) is 22.9 Å². The lowest BCUT2D eigenvalue weighted by atomic mass is 10.3. The molecule has 0 spiro atoms. The van der Waals surface area contributed by atoms with Crippen molar-refractivity contribution in [3.8, 4) is 5.75 Å². The quantitative estimate of drug-likeness (QED) is 0.745. The molecule has 0 aromatic carbocycles. The van der Waals surface area contributed by atoms with Gasteiger partial charge >= 0.3 is 0 Å². The van der Waals surface area contributed by atoms with Gasteiger partial charge in [-0.2, -0.15) is 9.37 Å². The molecule has 2 aromatic rings. The Morgan fingerprint density at radius 2 is 2.35 bits per heavy atom. The van der Waals surface area contributed by atoms with Gasteiger partial charge in [-0.3, -0.25) is 0 Å². The van der Waals surface area contributed by atoms with Gasteiger partial charge in [0.05, 0.1) is 0 Å². The van der Waals surface area contributed by atoms with Gasteiger partial charge in [-0.25, -0.2) is 4.98 Å². The maximum Gasteiger partial charge on any atom is 0.264 e. The van der Waals surface area contributed by atoms with Crippen LogP contribution in [0.1, 0.15) is 25.1 Å². The molecular formula is C11H12FN3O2. The van der Waals surface area contributed by atoms with Crippen molar-refractivity contribution in [2.24, 2.45) is 0 Å². The fourth-order valence-electron chi connectivity index (χ4n) is 1.29. The highest BCUT2D eigenvalue weighted by Crippen LogP contribution is 2.14. The van der Waals surface area contributed by atoms with Crippen LogP contribution in [-0.2, 0) is 13.0 Å². The first-order valence-corrected chi connectivity index (χ1v) is 5.34. The summed E-state index contributed by atoms with van der Waals surface area (Å²) in [6.07, 6.45) is 3.05. The summed E-state index contributed by atoms with van der Waals surface area (Å²) in [5.41, 5.74) is 0. The van der Waals surface area contributed by atoms with Crippen molar-refractivity contribution in [1.82, 2.24) is 15.1 Å². The Balaban J connectivity index is 1.95. The van der Waals surface area contributed by atoms with Crippen LogP contribution in [-0.4, -0.2) is 15.1 Å². The topological polar surface area (TPSA) is 61.0 Å². The standard InChI is InChI=1S/C11H12FN3O2/c1-2-4-9-14-10(17-15-9)7-16-8-5-3-6-13-11(8)12/h3,5-6H,2,4,7H2,1H3. The molecule has 2 rings (SSSR count). The summed E-state index contributed by atoms with van der Waals surface area (Å²) in [7, 11) is 0. The maximum absolute atomic E-state index is 13.1. The number of nitrogens with zero attached hydrogens (tertiary/aromatic N) is 3. The zero-order valence-corrected chi connectivity index (χ0v) is 9.39. The van der Waals surface area contributed by atoms with Gasteiger partial charge in [-0.15, -0.1) is 0 Å². The van der Waals surface area contributed by atoms with Crippen molar-refractivity contribution in [1.29, 1.82) is 0 Å². The molecule has 0 radical (unpaired) electrons. The van der Waals surface area contributed by atoms with Crippen LogP contribution in [0.2, 0.25) is 0 Å². The average Bonchev–Trinajstić information content (AvgIpc) is 2.76. The number of pyridine rings is 1. The van der Waals surface area contributed by atoms with E-state index >= 15 is 0 Å². The first-order valence-electron chi connectivity index (χ1n) is 5.34. The molecule has 2 heterocycles. The van der Waals surface area contributed by atoms with Crippen molar-refractivity contribution < 1.29 is 13.7 Å². The van der Waals surface area contributed by atoms with E-state index in [0.717, 1.165) is 12.8 Å². The van der Waals surface area contributed by atoms with Gasteiger partial charge in [0.1, 0.15) is 0 Å². The van der Waals surface area contributed by atoms with Crippen LogP contribution < -0.4 is 4.74 Å². The molecule has 0 aliphatic carbocycles. The average molecular weight is 237 g/mol. The number of rotatable bonds is 5. The number of aryl methyl sites for hydroxylation is 1. The van der Waals surface area contributed by atoms with Crippen molar-refractivity contribution >= 4 is 0 Å². The van der Waals surface area contributed by atoms with E-state index in [-0.39, 0.29) is 12.4 Å². The second-order valence-corrected chi connectivity index (χ2v) is 3.44. The van der Waals surface area contributed by atoms with Gasteiger partial charge in [-0.05, 0) is 18.6 Å². The highest BCUT2D eigenvalue weighted by atomic mass is 19.1. The molecule has 17 heavy (non-hydrogen) atoms. The van der Waals surface area contributed by atoms with Gasteiger partial charge < -0.3 is 9.26 Å². The van der Waals surface area contributed by atoms with Gasteiger partial charge in [0.2, 0.25) is 0 Å². The van der Waals surface area contributed by atoms with E-state index in [1.807, 2.05) is 6.92 Å². The zero-order chi connectivity index (χ0) is 12.1. The minimum absolute atomic E-state index is 0.0410. The second-order valence-electron chi connectivity index (χ2n) is 3.44. The largest absolute Gasteiger partial charge is 0.479 e. The molecule has 0 bridgehead atoms. The van der Waals surface area contributed by atoms with Crippen LogP contribution in [0.25, 0.3) is 0 Å². The van der Waals surface area contributed by atoms with Crippen LogP contribution >= 0.6 is 0 Å². The first-order chi connectivity index (χ1) is 8.29. The Morgan fingerprint density at radius 1 is 1.47 bits per heavy atom. The van der Waals surface area contributed by atoms with E-state index in [4.69, 9.17) is 9.26 Å². The second kappa shape index (κ2) is 5.38. The zero-order valence-electron chi connectivity index (χ0n) is 9.39. The van der Waals surface area contributed by atoms with Crippen molar-refractivity contribution in [3.63, 3.8) is 0 Å². The summed E-state index contributed by atoms with van der Waals surface area (Å²) >= 11 is 0. The number of hydrogen-bond donors (Lipinski definition) is 0. The molecule has 0 unspecified atom stereocenters. The molecule has 5 nitrogen and oxygen atoms in total. The van der Waals surface area contributed by atoms with Crippen LogP contribution in [0.4, 0.5) is 4.39 Å². The molecular weight excluding hydrogens is 225 g/mol. The third-order valence-electron chi connectivity index (χ3n) is 2.06. The van der Waals surface area contributed by atoms with E-state index < -0.39 is 5.95 Å². The minimum atomic E-state index is -0.652. The van der Waals surface area contributed by atoms with E-state index in [0.29, 0.717) is 11.7 Å². The predicted molar refractivity (Wildman–Crippen MR) is 56.8 cm³/mol. The van der Waals surface area contributed by atoms with Gasteiger partial charge in [0, 0.05) is 12.6 Å². The summed E-state index contributed by atoms with van der Waals surface area (Å²) in [4.78, 5) is 7.57. The van der Waals surface area contributed by atoms with E-state index in [2.05, 4.69) is 15.1 Å². The summed E-state index contributed by atoms with van der Waals surface area (Å²) < 4.78 is 23.2. The number of aromatic nitrogens is 3. The smallest absolute Gasteiger partial charge is 0.264 e. The van der Waals surface area contributed by atoms with Gasteiger partial charge in [0.15, 0.2) is 18.2 Å². The third kappa shape index (κ3) is 2.99. The normalized spacial score (nSPS) is 10.5. The highest BCUT2D eigenvalue weighted by Gasteiger charge is 2.08. The summed E-state index contributed by atoms with van der Waals surface area (Å²) in [6, 6.07) is 3.08. The van der Waals surface area contributed by atoms with E-state index in [1.165, 1.54) is 12.3 Å². The van der Waals surface area contributed by atoms with Gasteiger partial charge in [0.25, 0.3) is 11.8 Å². The lowest BCUT2D eigenvalue weighted by Gasteiger charge is -2.02. The number of halogens is 1.